The number of nitrogens with one attached hydrogen (secondary N) is 1. The lowest BCUT2D eigenvalue weighted by Gasteiger charge is -2.34. The van der Waals surface area contributed by atoms with Crippen molar-refractivity contribution in [3.63, 3.8) is 0 Å². The summed E-state index contributed by atoms with van der Waals surface area (Å²) in [5, 5.41) is 3.15. The third-order valence-electron chi connectivity index (χ3n) is 5.75. The van der Waals surface area contributed by atoms with Crippen molar-refractivity contribution < 1.29 is 9.53 Å². The van der Waals surface area contributed by atoms with E-state index in [0.29, 0.717) is 43.6 Å². The van der Waals surface area contributed by atoms with Gasteiger partial charge in [0.2, 0.25) is 17.8 Å². The number of carbonyl (C=O) groups excluding carboxylic acids is 1. The van der Waals surface area contributed by atoms with Crippen molar-refractivity contribution in [2.75, 3.05) is 44.3 Å². The van der Waals surface area contributed by atoms with Gasteiger partial charge in [0, 0.05) is 26.2 Å². The first-order chi connectivity index (χ1) is 16.0. The fourth-order valence-corrected chi connectivity index (χ4v) is 3.87. The molecule has 1 aliphatic heterocycles. The normalized spacial score (nSPS) is 14.2. The predicted molar refractivity (Wildman–Crippen MR) is 127 cm³/mol. The molecule has 0 unspecified atom stereocenters. The molecule has 4 rings (SSSR count). The minimum atomic E-state index is 0.157. The molecule has 0 aliphatic carbocycles. The van der Waals surface area contributed by atoms with Gasteiger partial charge >= 0.3 is 0 Å². The second kappa shape index (κ2) is 10.3. The van der Waals surface area contributed by atoms with Crippen LogP contribution in [0.4, 0.5) is 17.6 Å². The van der Waals surface area contributed by atoms with E-state index in [-0.39, 0.29) is 11.9 Å². The van der Waals surface area contributed by atoms with Crippen LogP contribution in [0.15, 0.2) is 48.5 Å². The summed E-state index contributed by atoms with van der Waals surface area (Å²) in [6.07, 6.45) is 0.439. The van der Waals surface area contributed by atoms with E-state index in [1.807, 2.05) is 60.4 Å². The summed E-state index contributed by atoms with van der Waals surface area (Å²) < 4.78 is 5.37. The lowest BCUT2D eigenvalue weighted by molar-refractivity contribution is -0.132. The van der Waals surface area contributed by atoms with Crippen molar-refractivity contribution >= 4 is 23.5 Å². The Morgan fingerprint density at radius 3 is 2.52 bits per heavy atom. The Labute approximate surface area is 193 Å². The maximum absolute atomic E-state index is 12.7. The predicted octanol–water partition coefficient (Wildman–Crippen LogP) is 2.40. The zero-order chi connectivity index (χ0) is 23.2. The number of para-hydroxylation sites is 2. The van der Waals surface area contributed by atoms with E-state index >= 15 is 0 Å². The number of rotatable bonds is 7. The number of hydrogen-bond donors (Lipinski definition) is 2. The van der Waals surface area contributed by atoms with E-state index in [0.717, 1.165) is 29.9 Å². The minimum Gasteiger partial charge on any atom is -0.495 e. The highest BCUT2D eigenvalue weighted by Crippen LogP contribution is 2.25. The van der Waals surface area contributed by atoms with E-state index in [1.165, 1.54) is 0 Å². The molecule has 1 aromatic heterocycles. The van der Waals surface area contributed by atoms with Crippen LogP contribution in [0.3, 0.4) is 0 Å². The molecule has 172 valence electrons. The molecule has 1 amide bonds. The molecule has 33 heavy (non-hydrogen) atoms. The molecule has 1 saturated heterocycles. The van der Waals surface area contributed by atoms with Gasteiger partial charge in [0.15, 0.2) is 0 Å². The number of anilines is 3. The summed E-state index contributed by atoms with van der Waals surface area (Å²) in [6, 6.07) is 15.6. The van der Waals surface area contributed by atoms with Crippen molar-refractivity contribution in [3.8, 4) is 5.75 Å². The fourth-order valence-electron chi connectivity index (χ4n) is 3.87. The number of carbonyl (C=O) groups is 1. The molecule has 1 fully saturated rings. The van der Waals surface area contributed by atoms with Crippen LogP contribution in [-0.4, -0.2) is 63.9 Å². The van der Waals surface area contributed by atoms with Gasteiger partial charge in [-0.15, -0.1) is 0 Å². The van der Waals surface area contributed by atoms with Crippen molar-refractivity contribution in [2.24, 2.45) is 0 Å². The number of benzene rings is 2. The molecule has 0 atom stereocenters. The zero-order valence-corrected chi connectivity index (χ0v) is 19.0. The van der Waals surface area contributed by atoms with Gasteiger partial charge in [-0.3, -0.25) is 9.69 Å². The molecule has 0 radical (unpaired) electrons. The largest absolute Gasteiger partial charge is 0.495 e. The Kier molecular flexibility index (Phi) is 6.99. The van der Waals surface area contributed by atoms with Crippen molar-refractivity contribution in [3.05, 3.63) is 65.5 Å². The summed E-state index contributed by atoms with van der Waals surface area (Å²) in [7, 11) is 1.61. The number of ether oxygens (including phenoxy) is 1. The molecular weight excluding hydrogens is 418 g/mol. The van der Waals surface area contributed by atoms with Crippen molar-refractivity contribution in [2.45, 2.75) is 19.9 Å². The molecule has 3 aromatic rings. The molecule has 0 bridgehead atoms. The second-order valence-electron chi connectivity index (χ2n) is 8.02. The lowest BCUT2D eigenvalue weighted by atomic mass is 10.1. The summed E-state index contributed by atoms with van der Waals surface area (Å²) in [4.78, 5) is 29.9. The topological polar surface area (TPSA) is 109 Å². The first kappa shape index (κ1) is 22.5. The van der Waals surface area contributed by atoms with Gasteiger partial charge in [-0.05, 0) is 30.2 Å². The molecule has 2 aromatic carbocycles. The Balaban J connectivity index is 1.34. The standard InChI is InChI=1S/C24H29N7O2/c1-17-7-3-4-8-18(17)15-22(32)31-13-11-30(12-14-31)16-21-27-23(25)29-24(28-21)26-19-9-5-6-10-20(19)33-2/h3-10H,11-16H2,1-2H3,(H3,25,26,27,28,29). The Hall–Kier alpha value is -3.72. The number of nitrogens with two attached hydrogens (primary N) is 1. The molecule has 1 aliphatic rings. The SMILES string of the molecule is COc1ccccc1Nc1nc(N)nc(CN2CCN(C(=O)Cc3ccccc3C)CC2)n1. The third kappa shape index (κ3) is 5.75. The van der Waals surface area contributed by atoms with Crippen molar-refractivity contribution in [1.82, 2.24) is 24.8 Å². The van der Waals surface area contributed by atoms with Gasteiger partial charge in [-0.1, -0.05) is 36.4 Å². The van der Waals surface area contributed by atoms with Crippen LogP contribution in [0.25, 0.3) is 0 Å². The number of piperazine rings is 1. The highest BCUT2D eigenvalue weighted by Gasteiger charge is 2.22. The Morgan fingerprint density at radius 2 is 1.76 bits per heavy atom. The van der Waals surface area contributed by atoms with E-state index in [1.54, 1.807) is 7.11 Å². The number of amides is 1. The first-order valence-electron chi connectivity index (χ1n) is 11.0. The second-order valence-corrected chi connectivity index (χ2v) is 8.02. The van der Waals surface area contributed by atoms with E-state index in [4.69, 9.17) is 10.5 Å². The maximum Gasteiger partial charge on any atom is 0.232 e. The summed E-state index contributed by atoms with van der Waals surface area (Å²) in [5.41, 5.74) is 8.91. The van der Waals surface area contributed by atoms with Gasteiger partial charge in [0.1, 0.15) is 11.6 Å². The zero-order valence-electron chi connectivity index (χ0n) is 19.0. The van der Waals surface area contributed by atoms with Gasteiger partial charge in [-0.25, -0.2) is 0 Å². The van der Waals surface area contributed by atoms with Crippen LogP contribution in [0, 0.1) is 6.92 Å². The molecule has 0 saturated carbocycles. The molecular formula is C24H29N7O2. The highest BCUT2D eigenvalue weighted by molar-refractivity contribution is 5.79. The number of hydrogen-bond acceptors (Lipinski definition) is 8. The maximum atomic E-state index is 12.7. The van der Waals surface area contributed by atoms with Crippen LogP contribution < -0.4 is 15.8 Å². The average molecular weight is 448 g/mol. The summed E-state index contributed by atoms with van der Waals surface area (Å²) in [5.74, 6) is 1.96. The average Bonchev–Trinajstić information content (AvgIpc) is 2.81. The van der Waals surface area contributed by atoms with Crippen LogP contribution in [0.5, 0.6) is 5.75 Å². The third-order valence-corrected chi connectivity index (χ3v) is 5.75. The van der Waals surface area contributed by atoms with Gasteiger partial charge in [0.05, 0.1) is 25.8 Å². The van der Waals surface area contributed by atoms with Crippen LogP contribution in [0.1, 0.15) is 17.0 Å². The highest BCUT2D eigenvalue weighted by atomic mass is 16.5. The van der Waals surface area contributed by atoms with Gasteiger partial charge in [0.25, 0.3) is 0 Å². The van der Waals surface area contributed by atoms with Crippen LogP contribution in [-0.2, 0) is 17.8 Å². The van der Waals surface area contributed by atoms with Gasteiger partial charge < -0.3 is 20.7 Å². The van der Waals surface area contributed by atoms with E-state index < -0.39 is 0 Å². The smallest absolute Gasteiger partial charge is 0.232 e. The van der Waals surface area contributed by atoms with Crippen molar-refractivity contribution in [1.29, 1.82) is 0 Å². The van der Waals surface area contributed by atoms with Crippen LogP contribution in [0.2, 0.25) is 0 Å². The van der Waals surface area contributed by atoms with E-state index in [2.05, 4.69) is 25.2 Å². The minimum absolute atomic E-state index is 0.157. The quantitative estimate of drug-likeness (QED) is 0.568. The Bertz CT molecular complexity index is 1110. The lowest BCUT2D eigenvalue weighted by Crippen LogP contribution is -2.48. The molecule has 9 nitrogen and oxygen atoms in total. The fraction of sp³-hybridized carbons (Fsp3) is 0.333. The first-order valence-corrected chi connectivity index (χ1v) is 11.0. The number of nitrogens with zero attached hydrogens (tertiary/aromatic N) is 5. The summed E-state index contributed by atoms with van der Waals surface area (Å²) in [6.45, 7) is 5.43. The number of aromatic nitrogens is 3. The van der Waals surface area contributed by atoms with Crippen LogP contribution >= 0.6 is 0 Å². The van der Waals surface area contributed by atoms with E-state index in [9.17, 15) is 4.79 Å². The molecule has 9 heteroatoms. The summed E-state index contributed by atoms with van der Waals surface area (Å²) >= 11 is 0. The Morgan fingerprint density at radius 1 is 1.03 bits per heavy atom. The molecule has 3 N–H and O–H groups in total. The molecule has 2 heterocycles. The number of methoxy groups -OCH3 is 1. The number of nitrogen functional groups attached to an aromatic ring is 1. The molecule has 0 spiro atoms. The van der Waals surface area contributed by atoms with Gasteiger partial charge in [-0.2, -0.15) is 15.0 Å². The monoisotopic (exact) mass is 447 g/mol. The number of aryl methyl sites for hydroxylation is 1.